The first kappa shape index (κ1) is 13.6. The highest BCUT2D eigenvalue weighted by molar-refractivity contribution is 9.10. The van der Waals surface area contributed by atoms with Crippen molar-refractivity contribution in [1.29, 1.82) is 0 Å². The Morgan fingerprint density at radius 1 is 1.19 bits per heavy atom. The quantitative estimate of drug-likeness (QED) is 0.768. The first-order valence-electron chi connectivity index (χ1n) is 5.71. The number of carboxylic acids is 1. The maximum Gasteiger partial charge on any atom is 0.335 e. The van der Waals surface area contributed by atoms with Gasteiger partial charge in [0, 0.05) is 4.47 Å². The van der Waals surface area contributed by atoms with Gasteiger partial charge in [-0.05, 0) is 30.3 Å². The van der Waals surface area contributed by atoms with Gasteiger partial charge in [0.15, 0.2) is 11.6 Å². The summed E-state index contributed by atoms with van der Waals surface area (Å²) in [5.74, 6) is -2.74. The van der Waals surface area contributed by atoms with Crippen LogP contribution in [-0.4, -0.2) is 26.1 Å². The van der Waals surface area contributed by atoms with Crippen LogP contribution in [0.5, 0.6) is 0 Å². The Balaban J connectivity index is 2.25. The fourth-order valence-electron chi connectivity index (χ4n) is 1.96. The predicted octanol–water partition coefficient (Wildman–Crippen LogP) is 3.16. The van der Waals surface area contributed by atoms with Crippen molar-refractivity contribution in [2.24, 2.45) is 0 Å². The summed E-state index contributed by atoms with van der Waals surface area (Å²) < 4.78 is 29.2. The minimum Gasteiger partial charge on any atom is -0.478 e. The molecule has 1 aromatic heterocycles. The molecule has 0 atom stereocenters. The van der Waals surface area contributed by atoms with Crippen molar-refractivity contribution in [3.63, 3.8) is 0 Å². The molecule has 0 amide bonds. The third-order valence-corrected chi connectivity index (χ3v) is 3.34. The summed E-state index contributed by atoms with van der Waals surface area (Å²) >= 11 is 3.00. The summed E-state index contributed by atoms with van der Waals surface area (Å²) in [6.07, 6.45) is 0. The summed E-state index contributed by atoms with van der Waals surface area (Å²) in [6.45, 7) is 0. The van der Waals surface area contributed by atoms with Gasteiger partial charge in [-0.2, -0.15) is 0 Å². The van der Waals surface area contributed by atoms with E-state index in [1.54, 1.807) is 0 Å². The van der Waals surface area contributed by atoms with Gasteiger partial charge in [0.1, 0.15) is 11.2 Å². The molecule has 0 fully saturated rings. The van der Waals surface area contributed by atoms with Crippen molar-refractivity contribution in [3.8, 4) is 5.69 Å². The fourth-order valence-corrected chi connectivity index (χ4v) is 2.36. The Morgan fingerprint density at radius 3 is 2.48 bits per heavy atom. The molecule has 21 heavy (non-hydrogen) atoms. The number of hydrogen-bond donors (Lipinski definition) is 1. The van der Waals surface area contributed by atoms with E-state index < -0.39 is 17.6 Å². The maximum absolute atomic E-state index is 14.0. The topological polar surface area (TPSA) is 68.0 Å². The Morgan fingerprint density at radius 2 is 1.86 bits per heavy atom. The van der Waals surface area contributed by atoms with E-state index in [9.17, 15) is 13.6 Å². The van der Waals surface area contributed by atoms with Crippen LogP contribution in [0.4, 0.5) is 8.78 Å². The molecule has 0 saturated heterocycles. The number of fused-ring (bicyclic) bond motifs is 1. The van der Waals surface area contributed by atoms with Crippen LogP contribution in [0.1, 0.15) is 10.4 Å². The summed E-state index contributed by atoms with van der Waals surface area (Å²) in [7, 11) is 0. The number of hydrogen-bond acceptors (Lipinski definition) is 3. The molecule has 0 unspecified atom stereocenters. The van der Waals surface area contributed by atoms with E-state index in [2.05, 4.69) is 26.2 Å². The van der Waals surface area contributed by atoms with Crippen LogP contribution in [0, 0.1) is 11.6 Å². The first-order chi connectivity index (χ1) is 9.97. The van der Waals surface area contributed by atoms with Gasteiger partial charge in [-0.15, -0.1) is 5.10 Å². The van der Waals surface area contributed by atoms with Crippen molar-refractivity contribution in [1.82, 2.24) is 15.0 Å². The van der Waals surface area contributed by atoms with Gasteiger partial charge in [0.05, 0.1) is 11.1 Å². The van der Waals surface area contributed by atoms with Crippen LogP contribution in [0.15, 0.2) is 34.8 Å². The van der Waals surface area contributed by atoms with Gasteiger partial charge in [-0.1, -0.05) is 21.1 Å². The molecule has 1 N–H and O–H groups in total. The second-order valence-electron chi connectivity index (χ2n) is 4.23. The Labute approximate surface area is 124 Å². The highest BCUT2D eigenvalue weighted by Gasteiger charge is 2.17. The van der Waals surface area contributed by atoms with Gasteiger partial charge < -0.3 is 5.11 Å². The van der Waals surface area contributed by atoms with Crippen molar-refractivity contribution >= 4 is 32.9 Å². The number of carboxylic acid groups (broad SMARTS) is 1. The molecule has 3 aromatic rings. The summed E-state index contributed by atoms with van der Waals surface area (Å²) in [5.41, 5.74) is 0.187. The molecular formula is C13H6BrF2N3O2. The molecule has 1 heterocycles. The number of benzene rings is 2. The molecule has 0 bridgehead atoms. The lowest BCUT2D eigenvalue weighted by Gasteiger charge is -2.06. The molecule has 0 aliphatic heterocycles. The lowest BCUT2D eigenvalue weighted by atomic mass is 10.2. The molecule has 3 rings (SSSR count). The Hall–Kier alpha value is -2.35. The van der Waals surface area contributed by atoms with Crippen LogP contribution in [0.25, 0.3) is 16.7 Å². The fraction of sp³-hybridized carbons (Fsp3) is 0. The molecule has 5 nitrogen and oxygen atoms in total. The van der Waals surface area contributed by atoms with Crippen molar-refractivity contribution in [3.05, 3.63) is 52.0 Å². The van der Waals surface area contributed by atoms with E-state index in [-0.39, 0.29) is 21.2 Å². The normalized spacial score (nSPS) is 11.0. The van der Waals surface area contributed by atoms with Crippen LogP contribution < -0.4 is 0 Å². The third-order valence-electron chi connectivity index (χ3n) is 2.89. The van der Waals surface area contributed by atoms with Crippen molar-refractivity contribution < 1.29 is 18.7 Å². The van der Waals surface area contributed by atoms with Crippen LogP contribution in [0.2, 0.25) is 0 Å². The molecule has 106 valence electrons. The Kier molecular flexibility index (Phi) is 3.17. The zero-order chi connectivity index (χ0) is 15.1. The van der Waals surface area contributed by atoms with E-state index in [1.165, 1.54) is 18.2 Å². The number of aromatic nitrogens is 3. The average molecular weight is 354 g/mol. The van der Waals surface area contributed by atoms with E-state index in [0.29, 0.717) is 5.52 Å². The third kappa shape index (κ3) is 2.27. The second-order valence-corrected chi connectivity index (χ2v) is 5.14. The zero-order valence-electron chi connectivity index (χ0n) is 10.2. The lowest BCUT2D eigenvalue weighted by Crippen LogP contribution is -2.04. The van der Waals surface area contributed by atoms with Crippen LogP contribution in [-0.2, 0) is 0 Å². The largest absolute Gasteiger partial charge is 0.478 e. The van der Waals surface area contributed by atoms with E-state index in [4.69, 9.17) is 5.11 Å². The number of halogens is 3. The number of aromatic carboxylic acids is 1. The van der Waals surface area contributed by atoms with Gasteiger partial charge >= 0.3 is 5.97 Å². The maximum atomic E-state index is 14.0. The predicted molar refractivity (Wildman–Crippen MR) is 73.4 cm³/mol. The molecule has 2 aromatic carbocycles. The summed E-state index contributed by atoms with van der Waals surface area (Å²) in [4.78, 5) is 10.9. The zero-order valence-corrected chi connectivity index (χ0v) is 11.8. The van der Waals surface area contributed by atoms with Gasteiger partial charge in [-0.25, -0.2) is 18.3 Å². The Bertz CT molecular complexity index is 856. The molecule has 0 radical (unpaired) electrons. The molecule has 0 aliphatic carbocycles. The molecular weight excluding hydrogens is 348 g/mol. The smallest absolute Gasteiger partial charge is 0.335 e. The summed E-state index contributed by atoms with van der Waals surface area (Å²) in [5, 5.41) is 16.3. The minimum atomic E-state index is -1.12. The van der Waals surface area contributed by atoms with Crippen molar-refractivity contribution in [2.45, 2.75) is 0 Å². The number of rotatable bonds is 2. The average Bonchev–Trinajstić information content (AvgIpc) is 2.80. The highest BCUT2D eigenvalue weighted by Crippen LogP contribution is 2.25. The minimum absolute atomic E-state index is 0.0197. The van der Waals surface area contributed by atoms with E-state index >= 15 is 0 Å². The summed E-state index contributed by atoms with van der Waals surface area (Å²) in [6, 6.07) is 6.23. The van der Waals surface area contributed by atoms with Gasteiger partial charge in [0.2, 0.25) is 0 Å². The van der Waals surface area contributed by atoms with Crippen LogP contribution in [0.3, 0.4) is 0 Å². The van der Waals surface area contributed by atoms with E-state index in [0.717, 1.165) is 16.8 Å². The monoisotopic (exact) mass is 353 g/mol. The van der Waals surface area contributed by atoms with Gasteiger partial charge in [0.25, 0.3) is 0 Å². The highest BCUT2D eigenvalue weighted by atomic mass is 79.9. The van der Waals surface area contributed by atoms with Gasteiger partial charge in [-0.3, -0.25) is 0 Å². The second kappa shape index (κ2) is 4.88. The first-order valence-corrected chi connectivity index (χ1v) is 6.50. The van der Waals surface area contributed by atoms with Crippen molar-refractivity contribution in [2.75, 3.05) is 0 Å². The standard InChI is InChI=1S/C13H6BrF2N3O2/c14-7-4-8(15)12(9(16)5-7)19-11-2-1-6(13(20)21)3-10(11)17-18-19/h1-5H,(H,20,21). The molecule has 8 heteroatoms. The lowest BCUT2D eigenvalue weighted by molar-refractivity contribution is 0.0697. The number of nitrogens with zero attached hydrogens (tertiary/aromatic N) is 3. The molecule has 0 saturated carbocycles. The van der Waals surface area contributed by atoms with E-state index in [1.807, 2.05) is 0 Å². The molecule has 0 spiro atoms. The molecule has 0 aliphatic rings. The van der Waals surface area contributed by atoms with Crippen LogP contribution >= 0.6 is 15.9 Å². The number of carbonyl (C=O) groups is 1. The SMILES string of the molecule is O=C(O)c1ccc2c(c1)nnn2-c1c(F)cc(Br)cc1F.